The summed E-state index contributed by atoms with van der Waals surface area (Å²) in [4.78, 5) is 36.4. The van der Waals surface area contributed by atoms with Crippen molar-refractivity contribution in [3.63, 3.8) is 0 Å². The van der Waals surface area contributed by atoms with E-state index in [1.54, 1.807) is 12.4 Å². The van der Waals surface area contributed by atoms with E-state index in [0.717, 1.165) is 5.82 Å². The Kier molecular flexibility index (Phi) is 5.67. The first kappa shape index (κ1) is 18.1. The number of likely N-dealkylation sites (N-methyl/N-ethyl adjacent to an activating group) is 1. The van der Waals surface area contributed by atoms with Crippen LogP contribution in [-0.4, -0.2) is 68.5 Å². The summed E-state index contributed by atoms with van der Waals surface area (Å²) in [6.45, 7) is 6.36. The number of aromatic nitrogens is 3. The van der Waals surface area contributed by atoms with Gasteiger partial charge >= 0.3 is 0 Å². The van der Waals surface area contributed by atoms with Crippen LogP contribution in [0.4, 0.5) is 0 Å². The lowest BCUT2D eigenvalue weighted by Gasteiger charge is -2.28. The van der Waals surface area contributed by atoms with E-state index in [0.29, 0.717) is 32.6 Å². The van der Waals surface area contributed by atoms with Crippen molar-refractivity contribution >= 4 is 11.8 Å². The minimum atomic E-state index is -0.294. The summed E-state index contributed by atoms with van der Waals surface area (Å²) in [5.41, 5.74) is 0.237. The molecular formula is C17H24N6O3. The Morgan fingerprint density at radius 2 is 2.23 bits per heavy atom. The lowest BCUT2D eigenvalue weighted by atomic mass is 10.1. The van der Waals surface area contributed by atoms with Gasteiger partial charge in [0.15, 0.2) is 5.69 Å². The van der Waals surface area contributed by atoms with E-state index < -0.39 is 0 Å². The summed E-state index contributed by atoms with van der Waals surface area (Å²) in [6.07, 6.45) is 5.37. The van der Waals surface area contributed by atoms with Crippen molar-refractivity contribution in [2.45, 2.75) is 38.9 Å². The molecule has 1 fully saturated rings. The number of carbonyl (C=O) groups is 2. The molecule has 9 heteroatoms. The van der Waals surface area contributed by atoms with E-state index in [4.69, 9.17) is 4.52 Å². The molecule has 1 aliphatic heterocycles. The maximum absolute atomic E-state index is 12.9. The number of hydrogen-bond donors (Lipinski definition) is 2. The van der Waals surface area contributed by atoms with Gasteiger partial charge in [0.2, 0.25) is 5.91 Å². The predicted octanol–water partition coefficient (Wildman–Crippen LogP) is 0.639. The lowest BCUT2D eigenvalue weighted by Crippen LogP contribution is -2.45. The molecule has 2 amide bonds. The van der Waals surface area contributed by atoms with Crippen LogP contribution in [0.5, 0.6) is 0 Å². The van der Waals surface area contributed by atoms with Gasteiger partial charge in [-0.3, -0.25) is 14.5 Å². The molecule has 0 radical (unpaired) electrons. The van der Waals surface area contributed by atoms with Crippen LogP contribution in [-0.2, 0) is 11.3 Å². The first-order valence-corrected chi connectivity index (χ1v) is 8.84. The van der Waals surface area contributed by atoms with Crippen LogP contribution in [0.15, 0.2) is 29.2 Å². The summed E-state index contributed by atoms with van der Waals surface area (Å²) in [5, 5.41) is 6.60. The lowest BCUT2D eigenvalue weighted by molar-refractivity contribution is -0.135. The Bertz CT molecular complexity index is 711. The Balaban J connectivity index is 1.71. The quantitative estimate of drug-likeness (QED) is 0.750. The second-order valence-corrected chi connectivity index (χ2v) is 6.28. The molecule has 0 spiro atoms. The first-order valence-electron chi connectivity index (χ1n) is 8.84. The van der Waals surface area contributed by atoms with Crippen molar-refractivity contribution in [3.05, 3.63) is 36.2 Å². The maximum atomic E-state index is 12.9. The van der Waals surface area contributed by atoms with Crippen molar-refractivity contribution < 1.29 is 14.1 Å². The number of likely N-dealkylation sites (tertiary alicyclic amines) is 1. The number of carbonyl (C=O) groups excluding carboxylic acids is 2. The molecule has 26 heavy (non-hydrogen) atoms. The number of nitrogens with one attached hydrogen (secondary N) is 2. The molecule has 0 bridgehead atoms. The zero-order chi connectivity index (χ0) is 18.5. The SMILES string of the molecule is CCN(CC)C(=O)[C@@H]1C[C@H](NC(=O)c2ccon2)CN1Cc1ncc[nH]1. The molecule has 0 aliphatic carbocycles. The molecular weight excluding hydrogens is 336 g/mol. The van der Waals surface area contributed by atoms with Crippen molar-refractivity contribution in [1.82, 2.24) is 30.2 Å². The molecule has 3 heterocycles. The highest BCUT2D eigenvalue weighted by atomic mass is 16.5. The van der Waals surface area contributed by atoms with Gasteiger partial charge < -0.3 is 19.7 Å². The van der Waals surface area contributed by atoms with Gasteiger partial charge in [0.1, 0.15) is 12.1 Å². The molecule has 0 aromatic carbocycles. The van der Waals surface area contributed by atoms with E-state index >= 15 is 0 Å². The summed E-state index contributed by atoms with van der Waals surface area (Å²) < 4.78 is 4.72. The minimum absolute atomic E-state index is 0.0831. The van der Waals surface area contributed by atoms with Crippen molar-refractivity contribution in [2.75, 3.05) is 19.6 Å². The van der Waals surface area contributed by atoms with Gasteiger partial charge in [-0.15, -0.1) is 0 Å². The second-order valence-electron chi connectivity index (χ2n) is 6.28. The number of nitrogens with zero attached hydrogens (tertiary/aromatic N) is 4. The van der Waals surface area contributed by atoms with Crippen molar-refractivity contribution in [2.24, 2.45) is 0 Å². The Morgan fingerprint density at radius 1 is 1.42 bits per heavy atom. The molecule has 2 N–H and O–H groups in total. The number of H-pyrrole nitrogens is 1. The van der Waals surface area contributed by atoms with Gasteiger partial charge in [0, 0.05) is 44.1 Å². The molecule has 1 aliphatic rings. The average Bonchev–Trinajstić information content (AvgIpc) is 3.38. The van der Waals surface area contributed by atoms with E-state index in [9.17, 15) is 9.59 Å². The summed E-state index contributed by atoms with van der Waals surface area (Å²) in [5.74, 6) is 0.586. The third-order valence-corrected chi connectivity index (χ3v) is 4.68. The number of amides is 2. The molecule has 0 unspecified atom stereocenters. The van der Waals surface area contributed by atoms with Gasteiger partial charge in [-0.2, -0.15) is 0 Å². The third kappa shape index (κ3) is 3.93. The van der Waals surface area contributed by atoms with Crippen LogP contribution in [0.25, 0.3) is 0 Å². The molecule has 2 aromatic rings. The highest BCUT2D eigenvalue weighted by molar-refractivity contribution is 5.92. The standard InChI is InChI=1S/C17H24N6O3/c1-3-22(4-2)17(25)14-9-12(20-16(24)13-5-8-26-21-13)10-23(14)11-15-18-6-7-19-15/h5-8,12,14H,3-4,9-11H2,1-2H3,(H,18,19)(H,20,24)/t12-,14-/m0/s1. The minimum Gasteiger partial charge on any atom is -0.364 e. The number of imidazole rings is 1. The summed E-state index contributed by atoms with van der Waals surface area (Å²) in [7, 11) is 0. The molecule has 3 rings (SSSR count). The number of aromatic amines is 1. The zero-order valence-corrected chi connectivity index (χ0v) is 15.0. The van der Waals surface area contributed by atoms with E-state index in [1.165, 1.54) is 12.3 Å². The molecule has 9 nitrogen and oxygen atoms in total. The number of hydrogen-bond acceptors (Lipinski definition) is 6. The van der Waals surface area contributed by atoms with Crippen molar-refractivity contribution in [1.29, 1.82) is 0 Å². The Morgan fingerprint density at radius 3 is 2.85 bits per heavy atom. The average molecular weight is 360 g/mol. The Hall–Kier alpha value is -2.68. The van der Waals surface area contributed by atoms with E-state index in [1.807, 2.05) is 18.7 Å². The Labute approximate surface area is 151 Å². The van der Waals surface area contributed by atoms with E-state index in [-0.39, 0.29) is 29.6 Å². The van der Waals surface area contributed by atoms with Crippen LogP contribution < -0.4 is 5.32 Å². The molecule has 140 valence electrons. The fraction of sp³-hybridized carbons (Fsp3) is 0.529. The molecule has 2 atom stereocenters. The van der Waals surface area contributed by atoms with Gasteiger partial charge in [-0.25, -0.2) is 4.98 Å². The number of rotatable bonds is 7. The first-order chi connectivity index (χ1) is 12.6. The highest BCUT2D eigenvalue weighted by Gasteiger charge is 2.39. The van der Waals surface area contributed by atoms with Gasteiger partial charge in [0.05, 0.1) is 12.6 Å². The van der Waals surface area contributed by atoms with Gasteiger partial charge in [-0.1, -0.05) is 5.16 Å². The second kappa shape index (κ2) is 8.13. The molecule has 0 saturated carbocycles. The van der Waals surface area contributed by atoms with Crippen LogP contribution >= 0.6 is 0 Å². The predicted molar refractivity (Wildman–Crippen MR) is 93.1 cm³/mol. The van der Waals surface area contributed by atoms with Crippen LogP contribution in [0.2, 0.25) is 0 Å². The topological polar surface area (TPSA) is 107 Å². The zero-order valence-electron chi connectivity index (χ0n) is 15.0. The fourth-order valence-corrected chi connectivity index (χ4v) is 3.35. The smallest absolute Gasteiger partial charge is 0.273 e. The van der Waals surface area contributed by atoms with Crippen LogP contribution in [0.1, 0.15) is 36.6 Å². The monoisotopic (exact) mass is 360 g/mol. The van der Waals surface area contributed by atoms with E-state index in [2.05, 4.69) is 25.3 Å². The maximum Gasteiger partial charge on any atom is 0.273 e. The van der Waals surface area contributed by atoms with Gasteiger partial charge in [0.25, 0.3) is 5.91 Å². The normalized spacial score (nSPS) is 20.2. The highest BCUT2D eigenvalue weighted by Crippen LogP contribution is 2.22. The van der Waals surface area contributed by atoms with Crippen LogP contribution in [0.3, 0.4) is 0 Å². The van der Waals surface area contributed by atoms with Crippen LogP contribution in [0, 0.1) is 0 Å². The third-order valence-electron chi connectivity index (χ3n) is 4.68. The molecule has 2 aromatic heterocycles. The summed E-state index contributed by atoms with van der Waals surface area (Å²) in [6, 6.07) is 1.09. The van der Waals surface area contributed by atoms with Gasteiger partial charge in [-0.05, 0) is 20.3 Å². The summed E-state index contributed by atoms with van der Waals surface area (Å²) >= 11 is 0. The largest absolute Gasteiger partial charge is 0.364 e. The fourth-order valence-electron chi connectivity index (χ4n) is 3.35. The molecule has 1 saturated heterocycles. The van der Waals surface area contributed by atoms with Crippen molar-refractivity contribution in [3.8, 4) is 0 Å².